The maximum Gasteiger partial charge on any atom is 0.355 e. The van der Waals surface area contributed by atoms with Crippen molar-refractivity contribution in [2.45, 2.75) is 5.92 Å². The Labute approximate surface area is 241 Å². The standard InChI is InChI=1S/C33H25N3O6/c1-40-32(38)28-27(21-11-4-3-5-12-21)25(19-34)30(35)36(29(28)33(39)41-2)26-15-9-8-14-24(26)31(37)42-23-17-16-20-10-6-7-13-22(20)18-23/h3-18,27H,35H2,1-2H3. The molecule has 0 spiro atoms. The Morgan fingerprint density at radius 1 is 0.786 bits per heavy atom. The van der Waals surface area contributed by atoms with Crippen LogP contribution < -0.4 is 15.4 Å². The number of nitrogens with two attached hydrogens (primary N) is 1. The fourth-order valence-electron chi connectivity index (χ4n) is 5.00. The molecule has 9 heteroatoms. The lowest BCUT2D eigenvalue weighted by Crippen LogP contribution is -2.41. The van der Waals surface area contributed by atoms with Gasteiger partial charge in [-0.2, -0.15) is 5.26 Å². The van der Waals surface area contributed by atoms with Gasteiger partial charge in [0.25, 0.3) is 0 Å². The molecule has 1 aliphatic heterocycles. The predicted molar refractivity (Wildman–Crippen MR) is 155 cm³/mol. The number of para-hydroxylation sites is 1. The SMILES string of the molecule is COC(=O)C1=C(C(=O)OC)N(c2ccccc2C(=O)Oc2ccc3ccccc3c2)C(N)=C(C#N)C1c1ccccc1. The molecule has 0 fully saturated rings. The first-order valence-corrected chi connectivity index (χ1v) is 12.8. The highest BCUT2D eigenvalue weighted by Crippen LogP contribution is 2.44. The molecule has 0 aliphatic carbocycles. The van der Waals surface area contributed by atoms with Crippen LogP contribution in [0.1, 0.15) is 21.8 Å². The first-order valence-electron chi connectivity index (χ1n) is 12.8. The molecule has 5 rings (SSSR count). The number of rotatable bonds is 6. The van der Waals surface area contributed by atoms with Crippen molar-refractivity contribution in [3.8, 4) is 11.8 Å². The zero-order valence-electron chi connectivity index (χ0n) is 22.7. The van der Waals surface area contributed by atoms with Gasteiger partial charge >= 0.3 is 17.9 Å². The number of benzene rings is 4. The van der Waals surface area contributed by atoms with E-state index < -0.39 is 23.8 Å². The summed E-state index contributed by atoms with van der Waals surface area (Å²) in [4.78, 5) is 41.5. The van der Waals surface area contributed by atoms with Crippen molar-refractivity contribution in [1.29, 1.82) is 5.26 Å². The molecule has 4 aromatic carbocycles. The topological polar surface area (TPSA) is 132 Å². The van der Waals surface area contributed by atoms with Crippen LogP contribution in [0.5, 0.6) is 5.75 Å². The Kier molecular flexibility index (Phi) is 7.71. The molecule has 0 amide bonds. The number of carbonyl (C=O) groups is 3. The summed E-state index contributed by atoms with van der Waals surface area (Å²) >= 11 is 0. The minimum atomic E-state index is -1.04. The Balaban J connectivity index is 1.69. The van der Waals surface area contributed by atoms with Gasteiger partial charge in [0.2, 0.25) is 0 Å². The lowest BCUT2D eigenvalue weighted by molar-refractivity contribution is -0.139. The van der Waals surface area contributed by atoms with E-state index in [0.717, 1.165) is 17.9 Å². The van der Waals surface area contributed by atoms with E-state index in [-0.39, 0.29) is 33.9 Å². The summed E-state index contributed by atoms with van der Waals surface area (Å²) in [6.45, 7) is 0. The number of carbonyl (C=O) groups excluding carboxylic acids is 3. The summed E-state index contributed by atoms with van der Waals surface area (Å²) in [5.41, 5.74) is 6.77. The zero-order valence-corrected chi connectivity index (χ0v) is 22.7. The molecule has 4 aromatic rings. The lowest BCUT2D eigenvalue weighted by Gasteiger charge is -2.36. The van der Waals surface area contributed by atoms with Crippen LogP contribution in [0.3, 0.4) is 0 Å². The third kappa shape index (κ3) is 4.93. The van der Waals surface area contributed by atoms with Gasteiger partial charge in [0.15, 0.2) is 0 Å². The van der Waals surface area contributed by atoms with Crippen LogP contribution in [0.15, 0.2) is 120 Å². The van der Waals surface area contributed by atoms with Gasteiger partial charge in [-0.25, -0.2) is 14.4 Å². The van der Waals surface area contributed by atoms with Gasteiger partial charge in [0.05, 0.1) is 48.6 Å². The van der Waals surface area contributed by atoms with E-state index in [1.807, 2.05) is 30.3 Å². The van der Waals surface area contributed by atoms with Crippen LogP contribution in [0.2, 0.25) is 0 Å². The molecule has 1 aliphatic rings. The van der Waals surface area contributed by atoms with Crippen molar-refractivity contribution in [3.05, 3.63) is 131 Å². The Morgan fingerprint density at radius 2 is 1.43 bits per heavy atom. The third-order valence-electron chi connectivity index (χ3n) is 6.91. The van der Waals surface area contributed by atoms with Crippen LogP contribution in [0.4, 0.5) is 5.69 Å². The monoisotopic (exact) mass is 559 g/mol. The van der Waals surface area contributed by atoms with Crippen LogP contribution in [-0.2, 0) is 19.1 Å². The summed E-state index contributed by atoms with van der Waals surface area (Å²) < 4.78 is 15.9. The quantitative estimate of drug-likeness (QED) is 0.257. The fraction of sp³-hybridized carbons (Fsp3) is 0.0909. The molecule has 9 nitrogen and oxygen atoms in total. The average molecular weight is 560 g/mol. The molecule has 0 aromatic heterocycles. The zero-order chi connectivity index (χ0) is 29.8. The molecular weight excluding hydrogens is 534 g/mol. The van der Waals surface area contributed by atoms with E-state index in [4.69, 9.17) is 19.9 Å². The molecule has 0 saturated carbocycles. The van der Waals surface area contributed by atoms with Crippen LogP contribution in [-0.4, -0.2) is 32.1 Å². The first-order chi connectivity index (χ1) is 20.4. The predicted octanol–water partition coefficient (Wildman–Crippen LogP) is 4.96. The van der Waals surface area contributed by atoms with Gasteiger partial charge in [-0.1, -0.05) is 72.8 Å². The van der Waals surface area contributed by atoms with E-state index in [0.29, 0.717) is 11.3 Å². The van der Waals surface area contributed by atoms with Gasteiger partial charge < -0.3 is 19.9 Å². The number of hydrogen-bond donors (Lipinski definition) is 1. The highest BCUT2D eigenvalue weighted by atomic mass is 16.5. The Morgan fingerprint density at radius 3 is 2.12 bits per heavy atom. The molecule has 0 saturated heterocycles. The van der Waals surface area contributed by atoms with Crippen LogP contribution in [0.25, 0.3) is 10.8 Å². The minimum Gasteiger partial charge on any atom is -0.466 e. The number of nitrogens with zero attached hydrogens (tertiary/aromatic N) is 2. The Hall–Kier alpha value is -5.88. The highest BCUT2D eigenvalue weighted by Gasteiger charge is 2.43. The molecule has 208 valence electrons. The van der Waals surface area contributed by atoms with E-state index >= 15 is 0 Å². The van der Waals surface area contributed by atoms with E-state index in [2.05, 4.69) is 6.07 Å². The average Bonchev–Trinajstić information content (AvgIpc) is 3.03. The number of ether oxygens (including phenoxy) is 3. The van der Waals surface area contributed by atoms with Crippen LogP contribution >= 0.6 is 0 Å². The molecule has 0 bridgehead atoms. The van der Waals surface area contributed by atoms with Gasteiger partial charge in [0, 0.05) is 0 Å². The summed E-state index contributed by atoms with van der Waals surface area (Å²) in [5, 5.41) is 12.1. The number of anilines is 1. The summed E-state index contributed by atoms with van der Waals surface area (Å²) in [6, 6.07) is 29.9. The van der Waals surface area contributed by atoms with Gasteiger partial charge in [-0.15, -0.1) is 0 Å². The molecule has 1 atom stereocenters. The molecule has 1 unspecified atom stereocenters. The van der Waals surface area contributed by atoms with Crippen molar-refractivity contribution in [1.82, 2.24) is 0 Å². The van der Waals surface area contributed by atoms with E-state index in [1.54, 1.807) is 54.6 Å². The summed E-state index contributed by atoms with van der Waals surface area (Å²) in [5.74, 6) is -3.44. The summed E-state index contributed by atoms with van der Waals surface area (Å²) in [7, 11) is 2.32. The minimum absolute atomic E-state index is 0.0213. The molecule has 42 heavy (non-hydrogen) atoms. The molecule has 0 radical (unpaired) electrons. The van der Waals surface area contributed by atoms with Crippen molar-refractivity contribution in [3.63, 3.8) is 0 Å². The largest absolute Gasteiger partial charge is 0.466 e. The third-order valence-corrected chi connectivity index (χ3v) is 6.91. The highest BCUT2D eigenvalue weighted by molar-refractivity contribution is 6.08. The number of nitriles is 1. The normalized spacial score (nSPS) is 14.8. The second kappa shape index (κ2) is 11.7. The number of allylic oxidation sites excluding steroid dienone is 1. The number of hydrogen-bond acceptors (Lipinski definition) is 9. The van der Waals surface area contributed by atoms with Gasteiger partial charge in [-0.05, 0) is 40.6 Å². The van der Waals surface area contributed by atoms with Crippen molar-refractivity contribution >= 4 is 34.4 Å². The van der Waals surface area contributed by atoms with Gasteiger partial charge in [0.1, 0.15) is 17.3 Å². The van der Waals surface area contributed by atoms with Crippen molar-refractivity contribution < 1.29 is 28.6 Å². The first kappa shape index (κ1) is 27.7. The maximum atomic E-state index is 13.6. The Bertz CT molecular complexity index is 1820. The second-order valence-corrected chi connectivity index (χ2v) is 9.25. The van der Waals surface area contributed by atoms with E-state index in [1.165, 1.54) is 24.1 Å². The van der Waals surface area contributed by atoms with Crippen LogP contribution in [0, 0.1) is 11.3 Å². The van der Waals surface area contributed by atoms with E-state index in [9.17, 15) is 19.6 Å². The lowest BCUT2D eigenvalue weighted by atomic mass is 9.80. The van der Waals surface area contributed by atoms with Gasteiger partial charge in [-0.3, -0.25) is 4.90 Å². The second-order valence-electron chi connectivity index (χ2n) is 9.25. The number of methoxy groups -OCH3 is 2. The number of fused-ring (bicyclic) bond motifs is 1. The molecule has 1 heterocycles. The maximum absolute atomic E-state index is 13.6. The van der Waals surface area contributed by atoms with Crippen molar-refractivity contribution in [2.24, 2.45) is 5.73 Å². The summed E-state index contributed by atoms with van der Waals surface area (Å²) in [6.07, 6.45) is 0. The molecular formula is C33H25N3O6. The smallest absolute Gasteiger partial charge is 0.355 e. The fourth-order valence-corrected chi connectivity index (χ4v) is 5.00. The molecule has 2 N–H and O–H groups in total. The number of esters is 3. The van der Waals surface area contributed by atoms with Crippen molar-refractivity contribution in [2.75, 3.05) is 19.1 Å².